The molecule has 2 rings (SSSR count). The molecule has 0 atom stereocenters. The lowest BCUT2D eigenvalue weighted by Crippen LogP contribution is -2.29. The molecule has 0 saturated carbocycles. The third-order valence-corrected chi connectivity index (χ3v) is 4.41. The molecule has 0 saturated heterocycles. The molecule has 0 fully saturated rings. The number of sulfonamides is 1. The third kappa shape index (κ3) is 5.06. The fraction of sp³-hybridized carbons (Fsp3) is 0.125. The van der Waals surface area contributed by atoms with E-state index in [2.05, 4.69) is 9.93 Å². The van der Waals surface area contributed by atoms with Crippen LogP contribution in [0.2, 0.25) is 0 Å². The van der Waals surface area contributed by atoms with Gasteiger partial charge in [-0.2, -0.15) is 31.5 Å². The van der Waals surface area contributed by atoms with Crippen LogP contribution >= 0.6 is 0 Å². The summed E-state index contributed by atoms with van der Waals surface area (Å²) >= 11 is 0. The second-order valence-electron chi connectivity index (χ2n) is 5.14. The van der Waals surface area contributed by atoms with Gasteiger partial charge in [-0.05, 0) is 36.8 Å². The Kier molecular flexibility index (Phi) is 5.66. The summed E-state index contributed by atoms with van der Waals surface area (Å²) in [5.41, 5.74) is 0.443. The molecule has 10 heteroatoms. The highest BCUT2D eigenvalue weighted by molar-refractivity contribution is 7.89. The van der Waals surface area contributed by atoms with Crippen molar-refractivity contribution in [3.8, 4) is 0 Å². The molecule has 0 radical (unpaired) electrons. The monoisotopic (exact) mass is 385 g/mol. The molecule has 26 heavy (non-hydrogen) atoms. The van der Waals surface area contributed by atoms with Gasteiger partial charge in [0.15, 0.2) is 0 Å². The Balaban J connectivity index is 2.17. The molecule has 0 heterocycles. The van der Waals surface area contributed by atoms with Gasteiger partial charge in [0.25, 0.3) is 10.0 Å². The van der Waals surface area contributed by atoms with E-state index < -0.39 is 22.1 Å². The van der Waals surface area contributed by atoms with E-state index in [1.54, 1.807) is 23.5 Å². The third-order valence-electron chi connectivity index (χ3n) is 3.18. The predicted molar refractivity (Wildman–Crippen MR) is 90.1 cm³/mol. The zero-order chi connectivity index (χ0) is 19.4. The fourth-order valence-electron chi connectivity index (χ4n) is 1.87. The van der Waals surface area contributed by atoms with Gasteiger partial charge < -0.3 is 5.32 Å². The number of amides is 1. The van der Waals surface area contributed by atoms with Gasteiger partial charge in [0.2, 0.25) is 0 Å². The minimum atomic E-state index is -5.01. The Morgan fingerprint density at radius 1 is 1.04 bits per heavy atom. The highest BCUT2D eigenvalue weighted by Crippen LogP contribution is 2.19. The molecule has 138 valence electrons. The number of hydrazone groups is 1. The van der Waals surface area contributed by atoms with E-state index in [0.29, 0.717) is 5.56 Å². The maximum absolute atomic E-state index is 12.3. The van der Waals surface area contributed by atoms with E-state index in [4.69, 9.17) is 0 Å². The van der Waals surface area contributed by atoms with Gasteiger partial charge in [0, 0.05) is 5.69 Å². The Labute approximate surface area is 147 Å². The molecule has 0 aliphatic heterocycles. The van der Waals surface area contributed by atoms with Gasteiger partial charge in [-0.1, -0.05) is 30.3 Å². The maximum Gasteiger partial charge on any atom is 0.471 e. The lowest BCUT2D eigenvalue weighted by Gasteiger charge is -2.09. The van der Waals surface area contributed by atoms with Gasteiger partial charge in [0.05, 0.1) is 10.6 Å². The molecular formula is C16H14F3N3O3S. The van der Waals surface area contributed by atoms with Crippen LogP contribution in [-0.4, -0.2) is 26.2 Å². The van der Waals surface area contributed by atoms with Crippen molar-refractivity contribution in [3.05, 3.63) is 60.2 Å². The van der Waals surface area contributed by atoms with Gasteiger partial charge in [-0.25, -0.2) is 0 Å². The minimum absolute atomic E-state index is 0.0164. The first-order valence-corrected chi connectivity index (χ1v) is 8.68. The summed E-state index contributed by atoms with van der Waals surface area (Å²) in [5, 5.41) is 5.47. The summed E-state index contributed by atoms with van der Waals surface area (Å²) in [6, 6.07) is 13.0. The quantitative estimate of drug-likeness (QED) is 0.613. The summed E-state index contributed by atoms with van der Waals surface area (Å²) in [6.45, 7) is 1.47. The molecule has 6 nitrogen and oxygen atoms in total. The van der Waals surface area contributed by atoms with Gasteiger partial charge in [-0.15, -0.1) is 0 Å². The van der Waals surface area contributed by atoms with E-state index in [-0.39, 0.29) is 16.3 Å². The number of carbonyl (C=O) groups excluding carboxylic acids is 1. The van der Waals surface area contributed by atoms with Crippen LogP contribution in [0, 0.1) is 0 Å². The zero-order valence-corrected chi connectivity index (χ0v) is 14.2. The lowest BCUT2D eigenvalue weighted by atomic mass is 10.1. The second kappa shape index (κ2) is 7.56. The normalized spacial score (nSPS) is 12.5. The molecule has 0 unspecified atom stereocenters. The molecule has 1 amide bonds. The SMILES string of the molecule is CC(=NNS(=O)(=O)c1ccccc1)c1cccc(NC(=O)C(F)(F)F)c1. The second-order valence-corrected chi connectivity index (χ2v) is 6.80. The van der Waals surface area contributed by atoms with Crippen molar-refractivity contribution in [2.24, 2.45) is 5.10 Å². The molecule has 2 aromatic rings. The van der Waals surface area contributed by atoms with Crippen LogP contribution in [0.15, 0.2) is 64.6 Å². The van der Waals surface area contributed by atoms with Crippen LogP contribution in [-0.2, 0) is 14.8 Å². The Hall–Kier alpha value is -2.88. The Bertz CT molecular complexity index is 927. The van der Waals surface area contributed by atoms with E-state index in [9.17, 15) is 26.4 Å². The van der Waals surface area contributed by atoms with Crippen molar-refractivity contribution in [3.63, 3.8) is 0 Å². The largest absolute Gasteiger partial charge is 0.471 e. The molecule has 0 aliphatic rings. The van der Waals surface area contributed by atoms with Crippen molar-refractivity contribution < 1.29 is 26.4 Å². The van der Waals surface area contributed by atoms with Gasteiger partial charge >= 0.3 is 12.1 Å². The number of nitrogens with one attached hydrogen (secondary N) is 2. The molecule has 0 aromatic heterocycles. The molecule has 2 aromatic carbocycles. The van der Waals surface area contributed by atoms with Crippen LogP contribution in [0.4, 0.5) is 18.9 Å². The molecule has 2 N–H and O–H groups in total. The number of hydrogen-bond donors (Lipinski definition) is 2. The van der Waals surface area contributed by atoms with Crippen LogP contribution < -0.4 is 10.1 Å². The van der Waals surface area contributed by atoms with Gasteiger partial charge in [0.1, 0.15) is 0 Å². The summed E-state index contributed by atoms with van der Waals surface area (Å²) < 4.78 is 61.1. The fourth-order valence-corrected chi connectivity index (χ4v) is 2.75. The number of rotatable bonds is 5. The average Bonchev–Trinajstić information content (AvgIpc) is 2.60. The van der Waals surface area contributed by atoms with Crippen molar-refractivity contribution in [2.45, 2.75) is 18.0 Å². The molecule has 0 aliphatic carbocycles. The highest BCUT2D eigenvalue weighted by Gasteiger charge is 2.38. The minimum Gasteiger partial charge on any atom is -0.318 e. The van der Waals surface area contributed by atoms with Crippen LogP contribution in [0.5, 0.6) is 0 Å². The van der Waals surface area contributed by atoms with Crippen molar-refractivity contribution in [2.75, 3.05) is 5.32 Å². The number of nitrogens with zero attached hydrogens (tertiary/aromatic N) is 1. The number of carbonyl (C=O) groups is 1. The number of halogens is 3. The summed E-state index contributed by atoms with van der Waals surface area (Å²) in [7, 11) is -3.87. The zero-order valence-electron chi connectivity index (χ0n) is 13.4. The summed E-state index contributed by atoms with van der Waals surface area (Å²) in [6.07, 6.45) is -5.01. The van der Waals surface area contributed by atoms with E-state index in [0.717, 1.165) is 0 Å². The predicted octanol–water partition coefficient (Wildman–Crippen LogP) is 2.89. The van der Waals surface area contributed by atoms with Crippen molar-refractivity contribution in [1.82, 2.24) is 4.83 Å². The molecule has 0 spiro atoms. The Morgan fingerprint density at radius 3 is 2.31 bits per heavy atom. The maximum atomic E-state index is 12.3. The average molecular weight is 385 g/mol. The standard InChI is InChI=1S/C16H14F3N3O3S/c1-11(21-22-26(24,25)14-8-3-2-4-9-14)12-6-5-7-13(10-12)20-15(23)16(17,18)19/h2-10,22H,1H3,(H,20,23). The van der Waals surface area contributed by atoms with Crippen LogP contribution in [0.3, 0.4) is 0 Å². The number of hydrogen-bond acceptors (Lipinski definition) is 4. The number of alkyl halides is 3. The first kappa shape index (κ1) is 19.4. The molecule has 0 bridgehead atoms. The smallest absolute Gasteiger partial charge is 0.318 e. The van der Waals surface area contributed by atoms with Crippen LogP contribution in [0.25, 0.3) is 0 Å². The number of benzene rings is 2. The van der Waals surface area contributed by atoms with Gasteiger partial charge in [-0.3, -0.25) is 4.79 Å². The van der Waals surface area contributed by atoms with E-state index in [1.165, 1.54) is 43.3 Å². The first-order chi connectivity index (χ1) is 12.1. The Morgan fingerprint density at radius 2 is 1.69 bits per heavy atom. The van der Waals surface area contributed by atoms with E-state index in [1.807, 2.05) is 0 Å². The van der Waals surface area contributed by atoms with Crippen molar-refractivity contribution in [1.29, 1.82) is 0 Å². The summed E-state index contributed by atoms with van der Waals surface area (Å²) in [5.74, 6) is -2.10. The topological polar surface area (TPSA) is 87.6 Å². The summed E-state index contributed by atoms with van der Waals surface area (Å²) in [4.78, 5) is 13.0. The first-order valence-electron chi connectivity index (χ1n) is 7.19. The molecular weight excluding hydrogens is 371 g/mol. The van der Waals surface area contributed by atoms with Crippen LogP contribution in [0.1, 0.15) is 12.5 Å². The van der Waals surface area contributed by atoms with E-state index >= 15 is 0 Å². The lowest BCUT2D eigenvalue weighted by molar-refractivity contribution is -0.167. The number of anilines is 1. The van der Waals surface area contributed by atoms with Crippen molar-refractivity contribution >= 4 is 27.3 Å². The highest BCUT2D eigenvalue weighted by atomic mass is 32.2.